The van der Waals surface area contributed by atoms with Gasteiger partial charge >= 0.3 is 0 Å². The number of halogens is 1. The molecular weight excluding hydrogens is 412 g/mol. The van der Waals surface area contributed by atoms with Gasteiger partial charge in [-0.2, -0.15) is 5.10 Å². The molecule has 0 spiro atoms. The average molecular weight is 433 g/mol. The van der Waals surface area contributed by atoms with Crippen molar-refractivity contribution in [3.05, 3.63) is 82.6 Å². The predicted molar refractivity (Wildman–Crippen MR) is 118 cm³/mol. The first-order valence-electron chi connectivity index (χ1n) is 9.54. The lowest BCUT2D eigenvalue weighted by Crippen LogP contribution is -2.28. The van der Waals surface area contributed by atoms with E-state index in [1.165, 1.54) is 33.2 Å². The van der Waals surface area contributed by atoms with E-state index in [4.69, 9.17) is 0 Å². The number of nitrogens with zero attached hydrogens (tertiary/aromatic N) is 2. The third-order valence-electron chi connectivity index (χ3n) is 5.47. The van der Waals surface area contributed by atoms with Crippen LogP contribution in [0.25, 0.3) is 27.7 Å². The van der Waals surface area contributed by atoms with Crippen molar-refractivity contribution >= 4 is 32.4 Å². The van der Waals surface area contributed by atoms with Crippen LogP contribution < -0.4 is 0 Å². The fraction of sp³-hybridized carbons (Fsp3) is 0.174. The second-order valence-corrected chi connectivity index (χ2v) is 8.16. The highest BCUT2D eigenvalue weighted by molar-refractivity contribution is 9.10. The van der Waals surface area contributed by atoms with Crippen LogP contribution in [0.3, 0.4) is 0 Å². The van der Waals surface area contributed by atoms with Gasteiger partial charge in [0.2, 0.25) is 0 Å². The molecule has 0 atom stereocenters. The minimum atomic E-state index is 0.902. The van der Waals surface area contributed by atoms with Crippen LogP contribution >= 0.6 is 15.9 Å². The number of aromatic nitrogens is 3. The summed E-state index contributed by atoms with van der Waals surface area (Å²) in [6, 6.07) is 16.9. The van der Waals surface area contributed by atoms with Crippen LogP contribution in [0.5, 0.6) is 0 Å². The number of para-hydroxylation sites is 1. The first kappa shape index (κ1) is 17.5. The normalized spacial score (nSPS) is 15.1. The molecular formula is C23H21BrN4. The van der Waals surface area contributed by atoms with Crippen molar-refractivity contribution in [1.29, 1.82) is 0 Å². The zero-order chi connectivity index (χ0) is 18.9. The smallest absolute Gasteiger partial charge is 0.0695 e. The topological polar surface area (TPSA) is 47.7 Å². The summed E-state index contributed by atoms with van der Waals surface area (Å²) in [6.45, 7) is 2.91. The molecule has 140 valence electrons. The summed E-state index contributed by atoms with van der Waals surface area (Å²) in [5.74, 6) is 0. The molecule has 1 aliphatic rings. The van der Waals surface area contributed by atoms with E-state index in [0.29, 0.717) is 0 Å². The van der Waals surface area contributed by atoms with Gasteiger partial charge in [-0.05, 0) is 35.8 Å². The molecule has 0 aliphatic carbocycles. The maximum absolute atomic E-state index is 4.29. The Labute approximate surface area is 172 Å². The second kappa shape index (κ2) is 7.41. The molecule has 0 amide bonds. The van der Waals surface area contributed by atoms with Gasteiger partial charge in [0.1, 0.15) is 0 Å². The van der Waals surface area contributed by atoms with E-state index < -0.39 is 0 Å². The van der Waals surface area contributed by atoms with Gasteiger partial charge in [0.05, 0.1) is 11.9 Å². The molecule has 1 aliphatic heterocycles. The minimum absolute atomic E-state index is 0.902. The summed E-state index contributed by atoms with van der Waals surface area (Å²) in [5, 5.41) is 8.78. The molecule has 0 radical (unpaired) electrons. The lowest BCUT2D eigenvalue weighted by atomic mass is 9.98. The first-order chi connectivity index (χ1) is 13.8. The maximum atomic E-state index is 4.29. The molecule has 0 saturated heterocycles. The van der Waals surface area contributed by atoms with Crippen molar-refractivity contribution in [2.45, 2.75) is 13.0 Å². The number of fused-ring (bicyclic) bond motifs is 1. The lowest BCUT2D eigenvalue weighted by Gasteiger charge is -2.26. The highest BCUT2D eigenvalue weighted by Gasteiger charge is 2.17. The standard InChI is InChI=1S/C23H21BrN4/c24-19-7-5-17(6-8-19)23-18(13-26-27-23)15-28-11-9-16(10-12-28)21-14-25-22-4-2-1-3-20(21)22/h1-9,13-14,25H,10-12,15H2,(H,26,27). The van der Waals surface area contributed by atoms with E-state index in [-0.39, 0.29) is 0 Å². The van der Waals surface area contributed by atoms with Gasteiger partial charge in [-0.3, -0.25) is 10.00 Å². The molecule has 4 aromatic rings. The van der Waals surface area contributed by atoms with Crippen LogP contribution in [-0.4, -0.2) is 33.2 Å². The zero-order valence-corrected chi connectivity index (χ0v) is 17.0. The number of benzene rings is 2. The van der Waals surface area contributed by atoms with E-state index in [1.54, 1.807) is 0 Å². The Balaban J connectivity index is 1.33. The van der Waals surface area contributed by atoms with Gasteiger partial charge < -0.3 is 4.98 Å². The molecule has 0 saturated carbocycles. The van der Waals surface area contributed by atoms with E-state index in [9.17, 15) is 0 Å². The summed E-state index contributed by atoms with van der Waals surface area (Å²) in [4.78, 5) is 5.87. The summed E-state index contributed by atoms with van der Waals surface area (Å²) in [6.07, 6.45) is 7.54. The largest absolute Gasteiger partial charge is 0.361 e. The quantitative estimate of drug-likeness (QED) is 0.440. The second-order valence-electron chi connectivity index (χ2n) is 7.24. The number of aromatic amines is 2. The minimum Gasteiger partial charge on any atom is -0.361 e. The molecule has 2 aromatic carbocycles. The SMILES string of the molecule is Brc1ccc(-c2[nH]ncc2CN2CC=C(c3c[nH]c4ccccc34)CC2)cc1. The molecule has 3 heterocycles. The monoisotopic (exact) mass is 432 g/mol. The van der Waals surface area contributed by atoms with Crippen LogP contribution in [0.4, 0.5) is 0 Å². The van der Waals surface area contributed by atoms with Crippen molar-refractivity contribution in [1.82, 2.24) is 20.1 Å². The Morgan fingerprint density at radius 2 is 1.93 bits per heavy atom. The fourth-order valence-electron chi connectivity index (χ4n) is 3.98. The predicted octanol–water partition coefficient (Wildman–Crippen LogP) is 5.61. The van der Waals surface area contributed by atoms with E-state index in [0.717, 1.165) is 36.2 Å². The van der Waals surface area contributed by atoms with E-state index in [2.05, 4.69) is 96.8 Å². The average Bonchev–Trinajstić information content (AvgIpc) is 3.36. The molecule has 0 bridgehead atoms. The summed E-state index contributed by atoms with van der Waals surface area (Å²) < 4.78 is 1.09. The molecule has 5 rings (SSSR count). The molecule has 0 fully saturated rings. The number of nitrogens with one attached hydrogen (secondary N) is 2. The molecule has 5 heteroatoms. The van der Waals surface area contributed by atoms with Crippen LogP contribution in [0.1, 0.15) is 17.5 Å². The Morgan fingerprint density at radius 3 is 2.75 bits per heavy atom. The van der Waals surface area contributed by atoms with Crippen LogP contribution in [-0.2, 0) is 6.54 Å². The Kier molecular flexibility index (Phi) is 4.63. The molecule has 2 N–H and O–H groups in total. The highest BCUT2D eigenvalue weighted by Crippen LogP contribution is 2.30. The van der Waals surface area contributed by atoms with Crippen molar-refractivity contribution in [3.8, 4) is 11.3 Å². The van der Waals surface area contributed by atoms with Gasteiger partial charge in [-0.25, -0.2) is 0 Å². The van der Waals surface area contributed by atoms with E-state index >= 15 is 0 Å². The first-order valence-corrected chi connectivity index (χ1v) is 10.3. The third-order valence-corrected chi connectivity index (χ3v) is 6.00. The van der Waals surface area contributed by atoms with Gasteiger partial charge in [0.15, 0.2) is 0 Å². The van der Waals surface area contributed by atoms with Crippen molar-refractivity contribution < 1.29 is 0 Å². The number of hydrogen-bond acceptors (Lipinski definition) is 2. The van der Waals surface area contributed by atoms with Crippen molar-refractivity contribution in [2.24, 2.45) is 0 Å². The van der Waals surface area contributed by atoms with Crippen LogP contribution in [0.15, 0.2) is 71.5 Å². The third kappa shape index (κ3) is 3.32. The molecule has 0 unspecified atom stereocenters. The van der Waals surface area contributed by atoms with Crippen molar-refractivity contribution in [2.75, 3.05) is 13.1 Å². The summed E-state index contributed by atoms with van der Waals surface area (Å²) in [7, 11) is 0. The Bertz CT molecular complexity index is 1140. The molecule has 28 heavy (non-hydrogen) atoms. The Hall–Kier alpha value is -2.63. The number of rotatable bonds is 4. The number of hydrogen-bond donors (Lipinski definition) is 2. The van der Waals surface area contributed by atoms with Crippen LogP contribution in [0.2, 0.25) is 0 Å². The fourth-order valence-corrected chi connectivity index (χ4v) is 4.24. The number of H-pyrrole nitrogens is 2. The molecule has 4 nitrogen and oxygen atoms in total. The lowest BCUT2D eigenvalue weighted by molar-refractivity contribution is 0.294. The van der Waals surface area contributed by atoms with Gasteiger partial charge in [0.25, 0.3) is 0 Å². The van der Waals surface area contributed by atoms with Gasteiger partial charge in [0, 0.05) is 52.3 Å². The van der Waals surface area contributed by atoms with Gasteiger partial charge in [-0.1, -0.05) is 52.3 Å². The zero-order valence-electron chi connectivity index (χ0n) is 15.5. The Morgan fingerprint density at radius 1 is 1.07 bits per heavy atom. The maximum Gasteiger partial charge on any atom is 0.0695 e. The summed E-state index contributed by atoms with van der Waals surface area (Å²) >= 11 is 3.50. The van der Waals surface area contributed by atoms with Crippen molar-refractivity contribution in [3.63, 3.8) is 0 Å². The van der Waals surface area contributed by atoms with E-state index in [1.807, 2.05) is 6.20 Å². The molecule has 2 aromatic heterocycles. The van der Waals surface area contributed by atoms with Crippen LogP contribution in [0, 0.1) is 0 Å². The summed E-state index contributed by atoms with van der Waals surface area (Å²) in [5.41, 5.74) is 7.51. The van der Waals surface area contributed by atoms with Gasteiger partial charge in [-0.15, -0.1) is 0 Å². The highest BCUT2D eigenvalue weighted by atomic mass is 79.9.